The van der Waals surface area contributed by atoms with Crippen molar-refractivity contribution in [2.75, 3.05) is 110 Å². The molecule has 12 aliphatic carbocycles. The second kappa shape index (κ2) is 30.4. The molecule has 8 aliphatic heterocycles. The second-order valence-corrected chi connectivity index (χ2v) is 43.2. The molecule has 0 aromatic rings. The van der Waals surface area contributed by atoms with Crippen LogP contribution < -0.4 is 16.0 Å². The standard InChI is InChI=1S/C11H20O.C10H17N.C9H17NO2S.C9H16O.C8H15NO.C8H15N.2C8H14O.C8H14S.C8H14/c1-8-9(2)11(8)6-4-10(12-3)5-7-11;1-7-6-8(2)10(7)4-5-11-9(10)3;1-7-4-8(2)9(7)5-10(6-9)13(3,11)12;1-7-5-8(2)9(7)3-4-10-6-9;1-6-7(2)8(6)5-10-4-3-9-8;2*1-6-3-7(2)8(6)4-9-5-8;1-6-5-7(2)8(6)3-4-9-8;1-6-3-7(2)8(6)4-9-5-8;1-6-5-7(2)8(6)3-4-8/h8-10H,4-7H2,1-3H3;7-8,11H,3-6H2,1-2H3;7-8H,4-6H2,1-3H3;7-8H,3-6H2,1-2H3;6-7,9H,3-5H2,1-2H3;6-7,9H,3-5H2,1-2H3;3*6-7H,3-5H2,1-2H3;6-7H,3-5H2,1-2H3. The summed E-state index contributed by atoms with van der Waals surface area (Å²) in [6.45, 7) is 64.4. The molecule has 3 N–H and O–H groups in total. The molecule has 0 amide bonds. The van der Waals surface area contributed by atoms with E-state index in [0.29, 0.717) is 50.7 Å². The predicted octanol–water partition coefficient (Wildman–Crippen LogP) is 18.2. The molecule has 100 heavy (non-hydrogen) atoms. The molecule has 11 nitrogen and oxygen atoms in total. The molecule has 12 saturated carbocycles. The van der Waals surface area contributed by atoms with Crippen molar-refractivity contribution < 1.29 is 32.1 Å². The fourth-order valence-corrected chi connectivity index (χ4v) is 28.4. The van der Waals surface area contributed by atoms with Crippen molar-refractivity contribution >= 4 is 21.8 Å². The van der Waals surface area contributed by atoms with E-state index in [0.717, 1.165) is 201 Å². The summed E-state index contributed by atoms with van der Waals surface area (Å²) in [7, 11) is -1.08. The van der Waals surface area contributed by atoms with Crippen LogP contribution in [0.3, 0.4) is 0 Å². The van der Waals surface area contributed by atoms with Crippen molar-refractivity contribution in [2.24, 2.45) is 162 Å². The van der Waals surface area contributed by atoms with Gasteiger partial charge in [0.15, 0.2) is 0 Å². The average Bonchev–Trinajstić information content (AvgIpc) is 1.51. The van der Waals surface area contributed by atoms with Crippen LogP contribution >= 0.6 is 11.8 Å². The smallest absolute Gasteiger partial charge is 0.211 e. The SMILES string of the molecule is C=C1NCCC12C(C)CC2C.CC1C(C)C12COCCN2.CC1CC(C)C12CC2.CC1CC(C)C12CCO2.CC1CC(C)C12CCOC2.CC1CC(C)C12CN(S(C)(=O)=O)C2.CC1CC(C)C12CNC2.CC1CC(C)C12COC2.CC1CC(C)C12CSC2.COC1CCC2(CC1)C(C)C2C. The maximum atomic E-state index is 11.2. The maximum absolute atomic E-state index is 11.2. The summed E-state index contributed by atoms with van der Waals surface area (Å²) in [6, 6.07) is 0. The molecule has 8 saturated heterocycles. The Morgan fingerprint density at radius 2 is 0.870 bits per heavy atom. The first-order valence-electron chi connectivity index (χ1n) is 42.4. The molecule has 10 spiro atoms. The average molecular weight is 1430 g/mol. The summed E-state index contributed by atoms with van der Waals surface area (Å²) in [5.74, 6) is 21.2. The quantitative estimate of drug-likeness (QED) is 0.245. The van der Waals surface area contributed by atoms with Crippen molar-refractivity contribution in [3.8, 4) is 0 Å². The largest absolute Gasteiger partial charge is 0.388 e. The number of nitrogens with one attached hydrogen (secondary N) is 3. The number of hydrogen-bond donors (Lipinski definition) is 3. The Hall–Kier alpha value is -0.480. The fraction of sp³-hybridized carbons (Fsp3) is 0.977. The number of hydrogen-bond acceptors (Lipinski definition) is 11. The van der Waals surface area contributed by atoms with E-state index in [2.05, 4.69) is 173 Å². The lowest BCUT2D eigenvalue weighted by molar-refractivity contribution is -0.258. The minimum Gasteiger partial charge on any atom is -0.388 e. The topological polar surface area (TPSA) is 120 Å². The summed E-state index contributed by atoms with van der Waals surface area (Å²) < 4.78 is 51.0. The number of nitrogens with zero attached hydrogens (tertiary/aromatic N) is 1. The van der Waals surface area contributed by atoms with Crippen LogP contribution in [0.25, 0.3) is 0 Å². The van der Waals surface area contributed by atoms with Crippen molar-refractivity contribution in [1.82, 2.24) is 20.3 Å². The first-order valence-corrected chi connectivity index (χ1v) is 45.4. The third-order valence-electron chi connectivity index (χ3n) is 36.8. The fourth-order valence-electron chi connectivity index (χ4n) is 25.6. The van der Waals surface area contributed by atoms with Crippen LogP contribution in [-0.2, 0) is 33.7 Å². The zero-order valence-corrected chi connectivity index (χ0v) is 70.2. The van der Waals surface area contributed by atoms with Crippen molar-refractivity contribution in [1.29, 1.82) is 0 Å². The van der Waals surface area contributed by atoms with Gasteiger partial charge in [-0.15, -0.1) is 0 Å². The molecule has 20 atom stereocenters. The number of sulfonamides is 1. The Balaban J connectivity index is 0.000000112. The van der Waals surface area contributed by atoms with E-state index < -0.39 is 10.0 Å². The van der Waals surface area contributed by atoms with Gasteiger partial charge in [-0.3, -0.25) is 0 Å². The Morgan fingerprint density at radius 1 is 0.440 bits per heavy atom. The molecule has 20 rings (SSSR count). The lowest BCUT2D eigenvalue weighted by Gasteiger charge is -2.63. The minimum absolute atomic E-state index is 0.336. The van der Waals surface area contributed by atoms with Gasteiger partial charge in [0, 0.05) is 109 Å². The number of thioether (sulfide) groups is 1. The third-order valence-corrected chi connectivity index (χ3v) is 39.5. The molecule has 20 unspecified atom stereocenters. The highest BCUT2D eigenvalue weighted by atomic mass is 32.2. The van der Waals surface area contributed by atoms with E-state index in [1.807, 2.05) is 7.11 Å². The normalized spacial score (nSPS) is 48.8. The van der Waals surface area contributed by atoms with Crippen molar-refractivity contribution in [3.05, 3.63) is 12.3 Å². The summed E-state index contributed by atoms with van der Waals surface area (Å²) in [4.78, 5) is 0. The molecule has 20 aliphatic rings. The van der Waals surface area contributed by atoms with Crippen molar-refractivity contribution in [2.45, 2.75) is 265 Å². The predicted molar refractivity (Wildman–Crippen MR) is 418 cm³/mol. The van der Waals surface area contributed by atoms with Gasteiger partial charge in [0.1, 0.15) is 0 Å². The van der Waals surface area contributed by atoms with Gasteiger partial charge < -0.3 is 39.6 Å². The molecular weight excluding hydrogens is 1280 g/mol. The van der Waals surface area contributed by atoms with Gasteiger partial charge in [0.2, 0.25) is 10.0 Å². The van der Waals surface area contributed by atoms with Gasteiger partial charge in [0.25, 0.3) is 0 Å². The van der Waals surface area contributed by atoms with E-state index in [9.17, 15) is 8.42 Å². The number of methoxy groups -OCH3 is 1. The third kappa shape index (κ3) is 14.0. The van der Waals surface area contributed by atoms with Gasteiger partial charge in [0.05, 0.1) is 57.6 Å². The summed E-state index contributed by atoms with van der Waals surface area (Å²) in [6.07, 6.45) is 25.6. The highest BCUT2D eigenvalue weighted by molar-refractivity contribution is 8.00. The second-order valence-electron chi connectivity index (χ2n) is 40.2. The molecule has 0 aromatic heterocycles. The number of rotatable bonds is 2. The number of morpholine rings is 1. The van der Waals surface area contributed by atoms with Crippen LogP contribution in [0, 0.1) is 162 Å². The first-order chi connectivity index (χ1) is 47.0. The van der Waals surface area contributed by atoms with E-state index >= 15 is 0 Å². The maximum Gasteiger partial charge on any atom is 0.211 e. The lowest BCUT2D eigenvalue weighted by atomic mass is 9.51. The zero-order chi connectivity index (χ0) is 72.8. The highest BCUT2D eigenvalue weighted by Crippen LogP contribution is 2.69. The molecule has 0 radical (unpaired) electrons. The van der Waals surface area contributed by atoms with Gasteiger partial charge in [-0.1, -0.05) is 145 Å². The van der Waals surface area contributed by atoms with Crippen LogP contribution in [0.5, 0.6) is 0 Å². The van der Waals surface area contributed by atoms with E-state index in [1.54, 1.807) is 4.31 Å². The molecule has 8 heterocycles. The molecule has 20 fully saturated rings. The summed E-state index contributed by atoms with van der Waals surface area (Å²) in [5.41, 5.74) is 7.32. The number of ether oxygens (including phenoxy) is 5. The Morgan fingerprint density at radius 3 is 1.04 bits per heavy atom. The Kier molecular flexibility index (Phi) is 24.5. The molecule has 578 valence electrons. The Bertz CT molecular complexity index is 2590. The molecule has 13 heteroatoms. The minimum atomic E-state index is -2.93. The van der Waals surface area contributed by atoms with Gasteiger partial charge in [-0.25, -0.2) is 12.7 Å². The highest BCUT2D eigenvalue weighted by Gasteiger charge is 2.64. The summed E-state index contributed by atoms with van der Waals surface area (Å²) in [5, 5.41) is 10.3. The van der Waals surface area contributed by atoms with E-state index in [1.165, 1.54) is 146 Å². The zero-order valence-electron chi connectivity index (χ0n) is 68.6. The van der Waals surface area contributed by atoms with Crippen molar-refractivity contribution in [3.63, 3.8) is 0 Å². The molecule has 0 bridgehead atoms. The van der Waals surface area contributed by atoms with E-state index in [4.69, 9.17) is 23.7 Å². The van der Waals surface area contributed by atoms with Gasteiger partial charge in [-0.2, -0.15) is 11.8 Å². The molecule has 0 aromatic carbocycles. The summed E-state index contributed by atoms with van der Waals surface area (Å²) >= 11 is 2.13. The number of allylic oxidation sites excluding steroid dienone is 1. The van der Waals surface area contributed by atoms with Crippen LogP contribution in [0.4, 0.5) is 0 Å². The van der Waals surface area contributed by atoms with Crippen LogP contribution in [0.1, 0.15) is 248 Å². The van der Waals surface area contributed by atoms with Crippen LogP contribution in [0.15, 0.2) is 12.3 Å². The van der Waals surface area contributed by atoms with Crippen LogP contribution in [-0.4, -0.2) is 140 Å². The monoisotopic (exact) mass is 1430 g/mol. The molecular formula is C87H156N4O7S2. The van der Waals surface area contributed by atoms with E-state index in [-0.39, 0.29) is 0 Å². The van der Waals surface area contributed by atoms with Crippen LogP contribution in [0.2, 0.25) is 0 Å². The first kappa shape index (κ1) is 80.5. The van der Waals surface area contributed by atoms with Gasteiger partial charge in [-0.05, 0) is 237 Å². The Labute approximate surface area is 619 Å². The van der Waals surface area contributed by atoms with Gasteiger partial charge >= 0.3 is 0 Å². The lowest BCUT2D eigenvalue weighted by Crippen LogP contribution is -2.68.